The molecule has 1 aromatic heterocycles. The number of nitrogens with one attached hydrogen (secondary N) is 1. The minimum atomic E-state index is -0.959. The fourth-order valence-electron chi connectivity index (χ4n) is 0.807. The number of carboxylic acids is 1. The molecule has 5 heteroatoms. The van der Waals surface area contributed by atoms with E-state index >= 15 is 0 Å². The molecule has 0 saturated heterocycles. The summed E-state index contributed by atoms with van der Waals surface area (Å²) in [6, 6.07) is 3.50. The standard InChI is InChI=1S/C8H9NO3S/c10-6(4-9-5-8(11)12)7-2-1-3-13-7/h1-3,9H,4-5H2,(H,11,12). The lowest BCUT2D eigenvalue weighted by atomic mass is 10.3. The third-order valence-corrected chi connectivity index (χ3v) is 2.27. The Morgan fingerprint density at radius 1 is 1.46 bits per heavy atom. The molecule has 0 unspecified atom stereocenters. The molecule has 0 radical (unpaired) electrons. The number of Topliss-reactive ketones (excluding diaryl/α,β-unsaturated/α-hetero) is 1. The van der Waals surface area contributed by atoms with Gasteiger partial charge in [0.05, 0.1) is 18.0 Å². The van der Waals surface area contributed by atoms with Crippen LogP contribution in [0.25, 0.3) is 0 Å². The first-order chi connectivity index (χ1) is 6.20. The molecule has 70 valence electrons. The van der Waals surface area contributed by atoms with Crippen molar-refractivity contribution in [3.63, 3.8) is 0 Å². The first-order valence-electron chi connectivity index (χ1n) is 3.69. The molecule has 0 aromatic carbocycles. The minimum Gasteiger partial charge on any atom is -0.480 e. The third-order valence-electron chi connectivity index (χ3n) is 1.36. The maximum absolute atomic E-state index is 11.2. The largest absolute Gasteiger partial charge is 0.480 e. The van der Waals surface area contributed by atoms with Crippen LogP contribution in [0.5, 0.6) is 0 Å². The van der Waals surface area contributed by atoms with Crippen molar-refractivity contribution in [3.05, 3.63) is 22.4 Å². The molecule has 1 rings (SSSR count). The van der Waals surface area contributed by atoms with E-state index in [9.17, 15) is 9.59 Å². The number of thiophene rings is 1. The first kappa shape index (κ1) is 9.88. The summed E-state index contributed by atoms with van der Waals surface area (Å²) in [6.45, 7) is -0.107. The topological polar surface area (TPSA) is 66.4 Å². The van der Waals surface area contributed by atoms with Crippen molar-refractivity contribution in [3.8, 4) is 0 Å². The highest BCUT2D eigenvalue weighted by atomic mass is 32.1. The van der Waals surface area contributed by atoms with Crippen molar-refractivity contribution >= 4 is 23.1 Å². The summed E-state index contributed by atoms with van der Waals surface area (Å²) < 4.78 is 0. The van der Waals surface area contributed by atoms with Gasteiger partial charge >= 0.3 is 5.97 Å². The molecule has 1 heterocycles. The first-order valence-corrected chi connectivity index (χ1v) is 4.57. The molecule has 1 aromatic rings. The molecule has 0 atom stereocenters. The average molecular weight is 199 g/mol. The second kappa shape index (κ2) is 4.74. The highest BCUT2D eigenvalue weighted by Gasteiger charge is 2.06. The van der Waals surface area contributed by atoms with Gasteiger partial charge in [0.15, 0.2) is 5.78 Å². The molecule has 4 nitrogen and oxygen atoms in total. The zero-order chi connectivity index (χ0) is 9.68. The molecule has 0 spiro atoms. The lowest BCUT2D eigenvalue weighted by Crippen LogP contribution is -2.28. The Bertz CT molecular complexity index is 294. The Morgan fingerprint density at radius 3 is 2.77 bits per heavy atom. The highest BCUT2D eigenvalue weighted by molar-refractivity contribution is 7.12. The van der Waals surface area contributed by atoms with Crippen LogP contribution >= 0.6 is 11.3 Å². The summed E-state index contributed by atoms with van der Waals surface area (Å²) in [5.41, 5.74) is 0. The second-order valence-electron chi connectivity index (χ2n) is 2.40. The lowest BCUT2D eigenvalue weighted by molar-refractivity contribution is -0.135. The van der Waals surface area contributed by atoms with Gasteiger partial charge in [-0.2, -0.15) is 0 Å². The summed E-state index contributed by atoms with van der Waals surface area (Å²) in [7, 11) is 0. The van der Waals surface area contributed by atoms with Crippen molar-refractivity contribution in [2.45, 2.75) is 0 Å². The summed E-state index contributed by atoms with van der Waals surface area (Å²) >= 11 is 1.35. The van der Waals surface area contributed by atoms with E-state index in [4.69, 9.17) is 5.11 Å². The zero-order valence-electron chi connectivity index (χ0n) is 6.82. The average Bonchev–Trinajstić information content (AvgIpc) is 2.55. The van der Waals surface area contributed by atoms with Crippen molar-refractivity contribution in [1.82, 2.24) is 5.32 Å². The summed E-state index contributed by atoms with van der Waals surface area (Å²) in [6.07, 6.45) is 0. The summed E-state index contributed by atoms with van der Waals surface area (Å²) in [5.74, 6) is -1.03. The van der Waals surface area contributed by atoms with E-state index in [0.29, 0.717) is 4.88 Å². The quantitative estimate of drug-likeness (QED) is 0.682. The fraction of sp³-hybridized carbons (Fsp3) is 0.250. The van der Waals surface area contributed by atoms with Crippen molar-refractivity contribution in [2.75, 3.05) is 13.1 Å². The van der Waals surface area contributed by atoms with Crippen LogP contribution < -0.4 is 5.32 Å². The molecular weight excluding hydrogens is 190 g/mol. The normalized spacial score (nSPS) is 9.85. The number of aliphatic carboxylic acids is 1. The number of carboxylic acid groups (broad SMARTS) is 1. The van der Waals surface area contributed by atoms with Gasteiger partial charge in [-0.15, -0.1) is 11.3 Å². The Labute approximate surface area is 79.2 Å². The molecule has 13 heavy (non-hydrogen) atoms. The van der Waals surface area contributed by atoms with Crippen molar-refractivity contribution < 1.29 is 14.7 Å². The van der Waals surface area contributed by atoms with E-state index < -0.39 is 5.97 Å². The van der Waals surface area contributed by atoms with Gasteiger partial charge in [0.25, 0.3) is 0 Å². The predicted molar refractivity (Wildman–Crippen MR) is 49.2 cm³/mol. The second-order valence-corrected chi connectivity index (χ2v) is 3.35. The molecule has 0 saturated carbocycles. The van der Waals surface area contributed by atoms with Crippen LogP contribution in [0.15, 0.2) is 17.5 Å². The SMILES string of the molecule is O=C(O)CNCC(=O)c1cccs1. The Hall–Kier alpha value is -1.20. The maximum Gasteiger partial charge on any atom is 0.317 e. The van der Waals surface area contributed by atoms with E-state index in [-0.39, 0.29) is 18.9 Å². The van der Waals surface area contributed by atoms with E-state index in [2.05, 4.69) is 5.32 Å². The highest BCUT2D eigenvalue weighted by Crippen LogP contribution is 2.08. The number of carbonyl (C=O) groups excluding carboxylic acids is 1. The molecule has 2 N–H and O–H groups in total. The van der Waals surface area contributed by atoms with Gasteiger partial charge < -0.3 is 5.11 Å². The van der Waals surface area contributed by atoms with Gasteiger partial charge in [-0.3, -0.25) is 14.9 Å². The van der Waals surface area contributed by atoms with Crippen LogP contribution in [0.4, 0.5) is 0 Å². The molecule has 0 aliphatic heterocycles. The Kier molecular flexibility index (Phi) is 3.60. The van der Waals surface area contributed by atoms with Gasteiger partial charge in [-0.1, -0.05) is 6.07 Å². The smallest absolute Gasteiger partial charge is 0.317 e. The van der Waals surface area contributed by atoms with Gasteiger partial charge in [0, 0.05) is 0 Å². The zero-order valence-corrected chi connectivity index (χ0v) is 7.63. The van der Waals surface area contributed by atoms with Crippen LogP contribution in [0.2, 0.25) is 0 Å². The van der Waals surface area contributed by atoms with Crippen molar-refractivity contribution in [1.29, 1.82) is 0 Å². The Morgan fingerprint density at radius 2 is 2.23 bits per heavy atom. The molecule has 0 aliphatic carbocycles. The lowest BCUT2D eigenvalue weighted by Gasteiger charge is -1.97. The van der Waals surface area contributed by atoms with Crippen LogP contribution in [0.3, 0.4) is 0 Å². The Balaban J connectivity index is 2.31. The number of rotatable bonds is 5. The molecule has 0 amide bonds. The fourth-order valence-corrected chi connectivity index (χ4v) is 1.47. The van der Waals surface area contributed by atoms with Crippen molar-refractivity contribution in [2.24, 2.45) is 0 Å². The third kappa shape index (κ3) is 3.35. The predicted octanol–water partition coefficient (Wildman–Crippen LogP) is 0.605. The van der Waals surface area contributed by atoms with E-state index in [0.717, 1.165) is 0 Å². The molecule has 0 fully saturated rings. The van der Waals surface area contributed by atoms with Gasteiger partial charge in [-0.25, -0.2) is 0 Å². The minimum absolute atomic E-state index is 0.0729. The maximum atomic E-state index is 11.2. The number of carbonyl (C=O) groups is 2. The number of hydrogen-bond donors (Lipinski definition) is 2. The number of ketones is 1. The number of hydrogen-bond acceptors (Lipinski definition) is 4. The van der Waals surface area contributed by atoms with E-state index in [1.807, 2.05) is 5.38 Å². The molecular formula is C8H9NO3S. The van der Waals surface area contributed by atoms with Gasteiger partial charge in [0.1, 0.15) is 0 Å². The van der Waals surface area contributed by atoms with E-state index in [1.54, 1.807) is 12.1 Å². The van der Waals surface area contributed by atoms with Gasteiger partial charge in [0.2, 0.25) is 0 Å². The van der Waals surface area contributed by atoms with Crippen LogP contribution in [0.1, 0.15) is 9.67 Å². The van der Waals surface area contributed by atoms with Crippen LogP contribution in [-0.4, -0.2) is 29.9 Å². The summed E-state index contributed by atoms with van der Waals surface area (Å²) in [4.78, 5) is 22.0. The monoisotopic (exact) mass is 199 g/mol. The van der Waals surface area contributed by atoms with Gasteiger partial charge in [-0.05, 0) is 11.4 Å². The van der Waals surface area contributed by atoms with E-state index in [1.165, 1.54) is 11.3 Å². The molecule has 0 bridgehead atoms. The molecule has 0 aliphatic rings. The van der Waals surface area contributed by atoms with Crippen LogP contribution in [-0.2, 0) is 4.79 Å². The van der Waals surface area contributed by atoms with Crippen LogP contribution in [0, 0.1) is 0 Å². The summed E-state index contributed by atoms with van der Waals surface area (Å²) in [5, 5.41) is 12.6.